The molecule has 1 atom stereocenters. The molecule has 1 fully saturated rings. The molecule has 2 heterocycles. The summed E-state index contributed by atoms with van der Waals surface area (Å²) in [5.74, 6) is 6.88. The van der Waals surface area contributed by atoms with Crippen LogP contribution >= 0.6 is 11.3 Å². The molecule has 26 heavy (non-hydrogen) atoms. The molecule has 2 N–H and O–H groups in total. The molecule has 0 saturated heterocycles. The van der Waals surface area contributed by atoms with E-state index in [0.29, 0.717) is 11.7 Å². The van der Waals surface area contributed by atoms with Crippen LogP contribution in [0.4, 0.5) is 9.93 Å². The lowest BCUT2D eigenvalue weighted by atomic mass is 10.2. The van der Waals surface area contributed by atoms with E-state index in [1.54, 1.807) is 12.4 Å². The number of anilines is 1. The number of hydrogen-bond donors (Lipinski definition) is 2. The Bertz CT molecular complexity index is 806. The number of carbonyl (C=O) groups is 1. The summed E-state index contributed by atoms with van der Waals surface area (Å²) in [7, 11) is 0. The van der Waals surface area contributed by atoms with Gasteiger partial charge < -0.3 is 10.1 Å². The number of hydrogen-bond acceptors (Lipinski definition) is 5. The first-order valence-electron chi connectivity index (χ1n) is 8.66. The van der Waals surface area contributed by atoms with Gasteiger partial charge in [0.25, 0.3) is 0 Å². The Balaban J connectivity index is 1.48. The maximum absolute atomic E-state index is 12.0. The van der Waals surface area contributed by atoms with Gasteiger partial charge in [0.2, 0.25) is 0 Å². The standard InChI is InChI=1S/C19H22N4O2S/c1-13(25-12-16-3-4-16)11-21-18(24)23-19-22-14(2)17(26-19)6-5-15-7-9-20-10-8-15/h7-10,13,16H,3-4,11-12H2,1-2H3,(H2,21,22,23,24)/t13-/m0/s1. The van der Waals surface area contributed by atoms with Crippen LogP contribution in [0.15, 0.2) is 24.5 Å². The molecule has 3 rings (SSSR count). The highest BCUT2D eigenvalue weighted by Gasteiger charge is 2.22. The summed E-state index contributed by atoms with van der Waals surface area (Å²) < 4.78 is 5.69. The van der Waals surface area contributed by atoms with E-state index in [-0.39, 0.29) is 12.1 Å². The summed E-state index contributed by atoms with van der Waals surface area (Å²) >= 11 is 1.36. The molecule has 2 aromatic rings. The number of thiazole rings is 1. The van der Waals surface area contributed by atoms with E-state index in [0.717, 1.165) is 28.7 Å². The van der Waals surface area contributed by atoms with Crippen LogP contribution in [0.2, 0.25) is 0 Å². The first-order valence-corrected chi connectivity index (χ1v) is 9.47. The third-order valence-electron chi connectivity index (χ3n) is 3.88. The zero-order valence-electron chi connectivity index (χ0n) is 14.9. The van der Waals surface area contributed by atoms with Crippen molar-refractivity contribution in [1.82, 2.24) is 15.3 Å². The van der Waals surface area contributed by atoms with Gasteiger partial charge >= 0.3 is 6.03 Å². The average Bonchev–Trinajstić information content (AvgIpc) is 3.40. The Labute approximate surface area is 157 Å². The number of amides is 2. The van der Waals surface area contributed by atoms with E-state index in [1.165, 1.54) is 24.2 Å². The van der Waals surface area contributed by atoms with Crippen molar-refractivity contribution in [1.29, 1.82) is 0 Å². The first-order chi connectivity index (χ1) is 12.6. The maximum Gasteiger partial charge on any atom is 0.321 e. The zero-order chi connectivity index (χ0) is 18.4. The van der Waals surface area contributed by atoms with Gasteiger partial charge in [-0.1, -0.05) is 17.3 Å². The number of ether oxygens (including phenoxy) is 1. The van der Waals surface area contributed by atoms with Crippen LogP contribution in [0.25, 0.3) is 0 Å². The van der Waals surface area contributed by atoms with E-state index in [2.05, 4.69) is 32.4 Å². The number of aryl methyl sites for hydroxylation is 1. The molecule has 0 unspecified atom stereocenters. The van der Waals surface area contributed by atoms with Crippen molar-refractivity contribution >= 4 is 22.5 Å². The topological polar surface area (TPSA) is 76.1 Å². The molecule has 0 bridgehead atoms. The average molecular weight is 370 g/mol. The molecule has 2 aromatic heterocycles. The maximum atomic E-state index is 12.0. The summed E-state index contributed by atoms with van der Waals surface area (Å²) in [5.41, 5.74) is 1.69. The predicted molar refractivity (Wildman–Crippen MR) is 102 cm³/mol. The summed E-state index contributed by atoms with van der Waals surface area (Å²) in [5, 5.41) is 6.10. The number of urea groups is 1. The zero-order valence-corrected chi connectivity index (χ0v) is 15.7. The third-order valence-corrected chi connectivity index (χ3v) is 4.87. The molecule has 0 aromatic carbocycles. The van der Waals surface area contributed by atoms with Gasteiger partial charge in [0.05, 0.1) is 11.8 Å². The Morgan fingerprint density at radius 1 is 1.38 bits per heavy atom. The second-order valence-corrected chi connectivity index (χ2v) is 7.34. The third kappa shape index (κ3) is 5.83. The molecule has 7 heteroatoms. The van der Waals surface area contributed by atoms with Crippen molar-refractivity contribution < 1.29 is 9.53 Å². The first kappa shape index (κ1) is 18.4. The van der Waals surface area contributed by atoms with Crippen molar-refractivity contribution in [3.05, 3.63) is 40.7 Å². The summed E-state index contributed by atoms with van der Waals surface area (Å²) in [6.45, 7) is 5.10. The van der Waals surface area contributed by atoms with Crippen LogP contribution in [0, 0.1) is 24.7 Å². The van der Waals surface area contributed by atoms with Crippen LogP contribution < -0.4 is 10.6 Å². The lowest BCUT2D eigenvalue weighted by Crippen LogP contribution is -2.35. The highest BCUT2D eigenvalue weighted by molar-refractivity contribution is 7.16. The Morgan fingerprint density at radius 3 is 2.88 bits per heavy atom. The van der Waals surface area contributed by atoms with Gasteiger partial charge in [-0.25, -0.2) is 9.78 Å². The van der Waals surface area contributed by atoms with E-state index in [4.69, 9.17) is 4.74 Å². The van der Waals surface area contributed by atoms with Crippen molar-refractivity contribution in [3.8, 4) is 11.8 Å². The second-order valence-electron chi connectivity index (χ2n) is 6.34. The van der Waals surface area contributed by atoms with Crippen LogP contribution in [0.1, 0.15) is 35.9 Å². The summed E-state index contributed by atoms with van der Waals surface area (Å²) in [6.07, 6.45) is 5.93. The number of aromatic nitrogens is 2. The molecular weight excluding hydrogens is 348 g/mol. The fourth-order valence-corrected chi connectivity index (χ4v) is 2.97. The monoisotopic (exact) mass is 370 g/mol. The molecule has 136 valence electrons. The van der Waals surface area contributed by atoms with Crippen molar-refractivity contribution in [2.75, 3.05) is 18.5 Å². The number of nitrogens with zero attached hydrogens (tertiary/aromatic N) is 2. The van der Waals surface area contributed by atoms with Gasteiger partial charge in [0.15, 0.2) is 5.13 Å². The minimum atomic E-state index is -0.283. The number of pyridine rings is 1. The van der Waals surface area contributed by atoms with Gasteiger partial charge in [-0.15, -0.1) is 0 Å². The Hall–Kier alpha value is -2.43. The molecular formula is C19H22N4O2S. The van der Waals surface area contributed by atoms with E-state index in [9.17, 15) is 4.79 Å². The molecule has 1 aliphatic rings. The van der Waals surface area contributed by atoms with Crippen LogP contribution in [-0.2, 0) is 4.74 Å². The summed E-state index contributed by atoms with van der Waals surface area (Å²) in [6, 6.07) is 3.42. The van der Waals surface area contributed by atoms with Gasteiger partial charge in [0.1, 0.15) is 4.88 Å². The van der Waals surface area contributed by atoms with E-state index in [1.807, 2.05) is 26.0 Å². The van der Waals surface area contributed by atoms with E-state index < -0.39 is 0 Å². The van der Waals surface area contributed by atoms with Crippen molar-refractivity contribution in [2.24, 2.45) is 5.92 Å². The fourth-order valence-electron chi connectivity index (χ4n) is 2.15. The molecule has 2 amide bonds. The van der Waals surface area contributed by atoms with Gasteiger partial charge in [-0.05, 0) is 50.7 Å². The summed E-state index contributed by atoms with van der Waals surface area (Å²) in [4.78, 5) is 21.2. The minimum absolute atomic E-state index is 0.00108. The highest BCUT2D eigenvalue weighted by Crippen LogP contribution is 2.29. The van der Waals surface area contributed by atoms with Gasteiger partial charge in [-0.2, -0.15) is 0 Å². The van der Waals surface area contributed by atoms with Crippen molar-refractivity contribution in [3.63, 3.8) is 0 Å². The minimum Gasteiger partial charge on any atom is -0.376 e. The second kappa shape index (κ2) is 8.79. The molecule has 0 spiro atoms. The van der Waals surface area contributed by atoms with Crippen LogP contribution in [-0.4, -0.2) is 35.3 Å². The lowest BCUT2D eigenvalue weighted by Gasteiger charge is -2.13. The molecule has 0 aliphatic heterocycles. The fraction of sp³-hybridized carbons (Fsp3) is 0.421. The van der Waals surface area contributed by atoms with Crippen LogP contribution in [0.5, 0.6) is 0 Å². The molecule has 1 saturated carbocycles. The molecule has 1 aliphatic carbocycles. The normalized spacial score (nSPS) is 14.2. The quantitative estimate of drug-likeness (QED) is 0.766. The number of rotatable bonds is 6. The number of nitrogens with one attached hydrogen (secondary N) is 2. The van der Waals surface area contributed by atoms with Crippen LogP contribution in [0.3, 0.4) is 0 Å². The van der Waals surface area contributed by atoms with E-state index >= 15 is 0 Å². The lowest BCUT2D eigenvalue weighted by molar-refractivity contribution is 0.0601. The Kier molecular flexibility index (Phi) is 6.21. The highest BCUT2D eigenvalue weighted by atomic mass is 32.1. The Morgan fingerprint density at radius 2 is 2.15 bits per heavy atom. The molecule has 0 radical (unpaired) electrons. The number of carbonyl (C=O) groups excluding carboxylic acids is 1. The predicted octanol–water partition coefficient (Wildman–Crippen LogP) is 3.18. The molecule has 6 nitrogen and oxygen atoms in total. The van der Waals surface area contributed by atoms with Crippen molar-refractivity contribution in [2.45, 2.75) is 32.8 Å². The van der Waals surface area contributed by atoms with Gasteiger partial charge in [-0.3, -0.25) is 10.3 Å². The smallest absolute Gasteiger partial charge is 0.321 e. The SMILES string of the molecule is Cc1nc(NC(=O)NC[C@H](C)OCC2CC2)sc1C#Cc1ccncc1. The largest absolute Gasteiger partial charge is 0.376 e. The van der Waals surface area contributed by atoms with Gasteiger partial charge in [0, 0.05) is 31.1 Å².